The van der Waals surface area contributed by atoms with E-state index >= 15 is 0 Å². The molecule has 1 atom stereocenters. The van der Waals surface area contributed by atoms with Crippen LogP contribution in [-0.2, 0) is 29.8 Å². The SMILES string of the molecule is CCCCC(=O)Oc1ccc(COC(=O)NCCCCCCCOP(=O)(O)OC)cc1. The van der Waals surface area contributed by atoms with Gasteiger partial charge in [0.25, 0.3) is 0 Å². The fraction of sp³-hybridized carbons (Fsp3) is 0.619. The molecular weight excluding hydrogens is 425 g/mol. The summed E-state index contributed by atoms with van der Waals surface area (Å²) in [5.41, 5.74) is 0.798. The smallest absolute Gasteiger partial charge is 0.445 e. The molecule has 1 aromatic carbocycles. The van der Waals surface area contributed by atoms with E-state index in [1.54, 1.807) is 24.3 Å². The number of phosphoric acid groups is 1. The summed E-state index contributed by atoms with van der Waals surface area (Å²) < 4.78 is 30.5. The van der Waals surface area contributed by atoms with Gasteiger partial charge in [-0.05, 0) is 37.0 Å². The first-order valence-electron chi connectivity index (χ1n) is 10.6. The van der Waals surface area contributed by atoms with Crippen molar-refractivity contribution in [2.75, 3.05) is 20.3 Å². The van der Waals surface area contributed by atoms with Crippen LogP contribution in [0.4, 0.5) is 4.79 Å². The standard InChI is InChI=1S/C21H34NO8P/c1-3-4-10-20(23)30-19-13-11-18(12-14-19)17-28-21(24)22-15-8-6-5-7-9-16-29-31(25,26)27-2/h11-14H,3-10,15-17H2,1-2H3,(H,22,24)(H,25,26). The second kappa shape index (κ2) is 15.8. The van der Waals surface area contributed by atoms with Crippen LogP contribution in [-0.4, -0.2) is 37.2 Å². The van der Waals surface area contributed by atoms with Crippen molar-refractivity contribution >= 4 is 19.9 Å². The molecule has 31 heavy (non-hydrogen) atoms. The maximum atomic E-state index is 11.7. The number of amides is 1. The van der Waals surface area contributed by atoms with E-state index in [1.807, 2.05) is 6.92 Å². The summed E-state index contributed by atoms with van der Waals surface area (Å²) in [6.07, 6.45) is 5.84. The van der Waals surface area contributed by atoms with E-state index in [0.717, 1.165) is 51.2 Å². The van der Waals surface area contributed by atoms with Crippen LogP contribution in [0, 0.1) is 0 Å². The van der Waals surface area contributed by atoms with Gasteiger partial charge >= 0.3 is 19.9 Å². The number of unbranched alkanes of at least 4 members (excludes halogenated alkanes) is 5. The molecule has 10 heteroatoms. The molecule has 0 aliphatic carbocycles. The summed E-state index contributed by atoms with van der Waals surface area (Å²) in [4.78, 5) is 32.4. The predicted octanol–water partition coefficient (Wildman–Crippen LogP) is 4.72. The summed E-state index contributed by atoms with van der Waals surface area (Å²) in [5, 5.41) is 2.70. The minimum Gasteiger partial charge on any atom is -0.445 e. The van der Waals surface area contributed by atoms with Gasteiger partial charge in [-0.2, -0.15) is 0 Å². The lowest BCUT2D eigenvalue weighted by molar-refractivity contribution is -0.134. The number of ether oxygens (including phenoxy) is 2. The highest BCUT2D eigenvalue weighted by Crippen LogP contribution is 2.41. The lowest BCUT2D eigenvalue weighted by Gasteiger charge is -2.09. The van der Waals surface area contributed by atoms with Gasteiger partial charge in [0.2, 0.25) is 0 Å². The Labute approximate surface area is 184 Å². The van der Waals surface area contributed by atoms with E-state index in [1.165, 1.54) is 0 Å². The molecule has 2 N–H and O–H groups in total. The Morgan fingerprint density at radius 2 is 1.71 bits per heavy atom. The maximum absolute atomic E-state index is 11.7. The number of nitrogens with one attached hydrogen (secondary N) is 1. The van der Waals surface area contributed by atoms with Crippen molar-refractivity contribution in [1.82, 2.24) is 5.32 Å². The van der Waals surface area contributed by atoms with Crippen molar-refractivity contribution in [2.24, 2.45) is 0 Å². The van der Waals surface area contributed by atoms with E-state index in [-0.39, 0.29) is 19.2 Å². The molecule has 0 fully saturated rings. The number of benzene rings is 1. The van der Waals surface area contributed by atoms with E-state index in [0.29, 0.717) is 25.1 Å². The molecule has 0 saturated heterocycles. The number of phosphoric ester groups is 1. The highest BCUT2D eigenvalue weighted by Gasteiger charge is 2.17. The number of carbonyl (C=O) groups is 2. The van der Waals surface area contributed by atoms with Crippen LogP contribution in [0.5, 0.6) is 5.75 Å². The molecule has 0 saturated carbocycles. The summed E-state index contributed by atoms with van der Waals surface area (Å²) >= 11 is 0. The fourth-order valence-corrected chi connectivity index (χ4v) is 3.00. The third-order valence-electron chi connectivity index (χ3n) is 4.34. The van der Waals surface area contributed by atoms with Crippen LogP contribution in [0.25, 0.3) is 0 Å². The Balaban J connectivity index is 2.06. The van der Waals surface area contributed by atoms with Crippen LogP contribution in [0.1, 0.15) is 63.9 Å². The summed E-state index contributed by atoms with van der Waals surface area (Å²) in [6.45, 7) is 2.83. The third kappa shape index (κ3) is 13.9. The van der Waals surface area contributed by atoms with E-state index in [9.17, 15) is 14.2 Å². The molecule has 0 spiro atoms. The molecule has 0 aromatic heterocycles. The van der Waals surface area contributed by atoms with Gasteiger partial charge in [-0.3, -0.25) is 13.8 Å². The Hall–Kier alpha value is -1.93. The van der Waals surface area contributed by atoms with Gasteiger partial charge in [0.15, 0.2) is 0 Å². The van der Waals surface area contributed by atoms with Crippen molar-refractivity contribution in [3.63, 3.8) is 0 Å². The second-order valence-corrected chi connectivity index (χ2v) is 8.54. The third-order valence-corrected chi connectivity index (χ3v) is 5.31. The molecule has 9 nitrogen and oxygen atoms in total. The van der Waals surface area contributed by atoms with Gasteiger partial charge in [0.05, 0.1) is 6.61 Å². The van der Waals surface area contributed by atoms with Crippen LogP contribution in [0.2, 0.25) is 0 Å². The van der Waals surface area contributed by atoms with Crippen LogP contribution >= 0.6 is 7.82 Å². The molecule has 1 unspecified atom stereocenters. The average molecular weight is 459 g/mol. The lowest BCUT2D eigenvalue weighted by atomic mass is 10.1. The summed E-state index contributed by atoms with van der Waals surface area (Å²) in [6, 6.07) is 6.86. The van der Waals surface area contributed by atoms with Gasteiger partial charge in [0.1, 0.15) is 12.4 Å². The van der Waals surface area contributed by atoms with E-state index < -0.39 is 13.9 Å². The Morgan fingerprint density at radius 3 is 2.39 bits per heavy atom. The molecule has 0 heterocycles. The van der Waals surface area contributed by atoms with Gasteiger partial charge in [0, 0.05) is 20.1 Å². The predicted molar refractivity (Wildman–Crippen MR) is 116 cm³/mol. The Kier molecular flexibility index (Phi) is 13.8. The first-order valence-corrected chi connectivity index (χ1v) is 12.1. The first-order chi connectivity index (χ1) is 14.9. The van der Waals surface area contributed by atoms with E-state index in [4.69, 9.17) is 18.9 Å². The van der Waals surface area contributed by atoms with Crippen LogP contribution in [0.3, 0.4) is 0 Å². The number of rotatable bonds is 16. The molecule has 1 amide bonds. The number of hydrogen-bond donors (Lipinski definition) is 2. The van der Waals surface area contributed by atoms with Crippen molar-refractivity contribution in [3.05, 3.63) is 29.8 Å². The Bertz CT molecular complexity index is 695. The summed E-state index contributed by atoms with van der Waals surface area (Å²) in [5.74, 6) is 0.227. The first kappa shape index (κ1) is 27.1. The molecular formula is C21H34NO8P. The lowest BCUT2D eigenvalue weighted by Crippen LogP contribution is -2.25. The largest absolute Gasteiger partial charge is 0.471 e. The normalized spacial score (nSPS) is 12.7. The zero-order valence-electron chi connectivity index (χ0n) is 18.3. The van der Waals surface area contributed by atoms with Crippen LogP contribution < -0.4 is 10.1 Å². The highest BCUT2D eigenvalue weighted by molar-refractivity contribution is 7.47. The van der Waals surface area contributed by atoms with Crippen molar-refractivity contribution in [3.8, 4) is 5.75 Å². The highest BCUT2D eigenvalue weighted by atomic mass is 31.2. The molecule has 0 bridgehead atoms. The quantitative estimate of drug-likeness (QED) is 0.158. The zero-order chi connectivity index (χ0) is 23.0. The van der Waals surface area contributed by atoms with Crippen molar-refractivity contribution in [2.45, 2.75) is 64.9 Å². The number of carbonyl (C=O) groups excluding carboxylic acids is 2. The molecule has 176 valence electrons. The fourth-order valence-electron chi connectivity index (χ4n) is 2.54. The zero-order valence-corrected chi connectivity index (χ0v) is 19.2. The Morgan fingerprint density at radius 1 is 1.03 bits per heavy atom. The number of esters is 1. The van der Waals surface area contributed by atoms with E-state index in [2.05, 4.69) is 9.84 Å². The van der Waals surface area contributed by atoms with Crippen LogP contribution in [0.15, 0.2) is 24.3 Å². The minimum absolute atomic E-state index is 0.131. The minimum atomic E-state index is -3.87. The van der Waals surface area contributed by atoms with Gasteiger partial charge in [-0.1, -0.05) is 44.7 Å². The molecule has 0 radical (unpaired) electrons. The average Bonchev–Trinajstić information content (AvgIpc) is 2.76. The van der Waals surface area contributed by atoms with Crippen molar-refractivity contribution in [1.29, 1.82) is 0 Å². The van der Waals surface area contributed by atoms with Gasteiger partial charge in [-0.25, -0.2) is 9.36 Å². The van der Waals surface area contributed by atoms with Gasteiger partial charge < -0.3 is 19.7 Å². The number of alkyl carbamates (subject to hydrolysis) is 1. The molecule has 0 aliphatic rings. The summed E-state index contributed by atoms with van der Waals surface area (Å²) in [7, 11) is -2.75. The molecule has 1 rings (SSSR count). The maximum Gasteiger partial charge on any atom is 0.471 e. The second-order valence-electron chi connectivity index (χ2n) is 6.98. The van der Waals surface area contributed by atoms with Gasteiger partial charge in [-0.15, -0.1) is 0 Å². The van der Waals surface area contributed by atoms with Crippen molar-refractivity contribution < 1.29 is 37.6 Å². The monoisotopic (exact) mass is 459 g/mol. The molecule has 0 aliphatic heterocycles. The number of hydrogen-bond acceptors (Lipinski definition) is 7. The topological polar surface area (TPSA) is 120 Å². The molecule has 1 aromatic rings.